The molecule has 2 aromatic rings. The van der Waals surface area contributed by atoms with Gasteiger partial charge in [0.25, 0.3) is 0 Å². The van der Waals surface area contributed by atoms with Crippen molar-refractivity contribution in [2.75, 3.05) is 17.2 Å². The molecule has 0 atom stereocenters. The molecular weight excluding hydrogens is 396 g/mol. The first-order chi connectivity index (χ1) is 10.0. The monoisotopic (exact) mass is 412 g/mol. The third kappa shape index (κ3) is 3.95. The van der Waals surface area contributed by atoms with Crippen LogP contribution in [-0.2, 0) is 0 Å². The molecule has 0 bridgehead atoms. The summed E-state index contributed by atoms with van der Waals surface area (Å²) in [6.45, 7) is 7.17. The van der Waals surface area contributed by atoms with Crippen molar-refractivity contribution in [3.05, 3.63) is 39.0 Å². The van der Waals surface area contributed by atoms with Crippen LogP contribution in [0.1, 0.15) is 32.3 Å². The van der Waals surface area contributed by atoms with E-state index in [9.17, 15) is 0 Å². The maximum Gasteiger partial charge on any atom is 0.139 e. The standard InChI is InChI=1S/C15H18Br2N4/c1-4-18-14-13(9(2)3)15(20-8-19-14)21-12-6-5-10(16)7-11(12)17/h5-9H,4H2,1-3H3,(H2,18,19,20,21). The lowest BCUT2D eigenvalue weighted by molar-refractivity contribution is 0.849. The van der Waals surface area contributed by atoms with Gasteiger partial charge in [-0.15, -0.1) is 0 Å². The molecule has 0 unspecified atom stereocenters. The predicted molar refractivity (Wildman–Crippen MR) is 95.4 cm³/mol. The minimum Gasteiger partial charge on any atom is -0.370 e. The van der Waals surface area contributed by atoms with Crippen LogP contribution in [-0.4, -0.2) is 16.5 Å². The van der Waals surface area contributed by atoms with Gasteiger partial charge in [-0.05, 0) is 47.0 Å². The summed E-state index contributed by atoms with van der Waals surface area (Å²) in [6.07, 6.45) is 1.58. The highest BCUT2D eigenvalue weighted by Crippen LogP contribution is 2.33. The fourth-order valence-corrected chi connectivity index (χ4v) is 3.21. The van der Waals surface area contributed by atoms with E-state index in [0.29, 0.717) is 5.92 Å². The molecular formula is C15H18Br2N4. The lowest BCUT2D eigenvalue weighted by atomic mass is 10.0. The Kier molecular flexibility index (Phi) is 5.58. The zero-order valence-corrected chi connectivity index (χ0v) is 15.4. The van der Waals surface area contributed by atoms with Crippen LogP contribution < -0.4 is 10.6 Å². The van der Waals surface area contributed by atoms with Crippen LogP contribution >= 0.6 is 31.9 Å². The van der Waals surface area contributed by atoms with E-state index in [0.717, 1.165) is 38.4 Å². The van der Waals surface area contributed by atoms with E-state index in [2.05, 4.69) is 73.2 Å². The van der Waals surface area contributed by atoms with E-state index >= 15 is 0 Å². The van der Waals surface area contributed by atoms with Crippen molar-refractivity contribution < 1.29 is 0 Å². The van der Waals surface area contributed by atoms with Gasteiger partial charge < -0.3 is 10.6 Å². The molecule has 4 nitrogen and oxygen atoms in total. The molecule has 1 heterocycles. The molecule has 2 rings (SSSR count). The molecule has 112 valence electrons. The maximum atomic E-state index is 4.41. The molecule has 1 aromatic carbocycles. The highest BCUT2D eigenvalue weighted by atomic mass is 79.9. The Morgan fingerprint density at radius 1 is 1.14 bits per heavy atom. The molecule has 0 radical (unpaired) electrons. The average Bonchev–Trinajstić information content (AvgIpc) is 2.42. The topological polar surface area (TPSA) is 49.8 Å². The largest absolute Gasteiger partial charge is 0.370 e. The smallest absolute Gasteiger partial charge is 0.139 e. The Labute approximate surface area is 142 Å². The van der Waals surface area contributed by atoms with Crippen LogP contribution in [0, 0.1) is 0 Å². The second kappa shape index (κ2) is 7.22. The van der Waals surface area contributed by atoms with Crippen LogP contribution in [0.25, 0.3) is 0 Å². The van der Waals surface area contributed by atoms with Crippen molar-refractivity contribution in [2.24, 2.45) is 0 Å². The van der Waals surface area contributed by atoms with Gasteiger partial charge in [-0.3, -0.25) is 0 Å². The van der Waals surface area contributed by atoms with Gasteiger partial charge in [0.2, 0.25) is 0 Å². The molecule has 0 aliphatic carbocycles. The molecule has 0 aliphatic heterocycles. The Balaban J connectivity index is 2.41. The second-order valence-corrected chi connectivity index (χ2v) is 6.69. The minimum absolute atomic E-state index is 0.317. The summed E-state index contributed by atoms with van der Waals surface area (Å²) in [7, 11) is 0. The third-order valence-corrected chi connectivity index (χ3v) is 4.14. The normalized spacial score (nSPS) is 10.8. The van der Waals surface area contributed by atoms with Crippen LogP contribution in [0.2, 0.25) is 0 Å². The van der Waals surface area contributed by atoms with Crippen molar-refractivity contribution in [3.8, 4) is 0 Å². The molecule has 0 fully saturated rings. The zero-order chi connectivity index (χ0) is 15.4. The first-order valence-corrected chi connectivity index (χ1v) is 8.42. The van der Waals surface area contributed by atoms with Gasteiger partial charge in [0.05, 0.1) is 5.69 Å². The van der Waals surface area contributed by atoms with E-state index in [1.54, 1.807) is 6.33 Å². The summed E-state index contributed by atoms with van der Waals surface area (Å²) in [5.41, 5.74) is 2.07. The Hall–Kier alpha value is -1.14. The highest BCUT2D eigenvalue weighted by Gasteiger charge is 2.15. The van der Waals surface area contributed by atoms with Crippen LogP contribution in [0.15, 0.2) is 33.5 Å². The third-order valence-electron chi connectivity index (χ3n) is 2.99. The number of nitrogens with one attached hydrogen (secondary N) is 2. The SMILES string of the molecule is CCNc1ncnc(Nc2ccc(Br)cc2Br)c1C(C)C. The van der Waals surface area contributed by atoms with Crippen molar-refractivity contribution in [1.29, 1.82) is 0 Å². The van der Waals surface area contributed by atoms with E-state index in [1.807, 2.05) is 18.2 Å². The molecule has 0 spiro atoms. The first-order valence-electron chi connectivity index (χ1n) is 6.83. The fourth-order valence-electron chi connectivity index (χ4n) is 2.07. The van der Waals surface area contributed by atoms with E-state index < -0.39 is 0 Å². The second-order valence-electron chi connectivity index (χ2n) is 4.92. The summed E-state index contributed by atoms with van der Waals surface area (Å²) < 4.78 is 2.01. The number of anilines is 3. The summed E-state index contributed by atoms with van der Waals surface area (Å²) in [5, 5.41) is 6.69. The molecule has 0 aliphatic rings. The molecule has 6 heteroatoms. The molecule has 0 saturated carbocycles. The van der Waals surface area contributed by atoms with Crippen LogP contribution in [0.5, 0.6) is 0 Å². The number of hydrogen-bond acceptors (Lipinski definition) is 4. The van der Waals surface area contributed by atoms with Crippen molar-refractivity contribution in [1.82, 2.24) is 9.97 Å². The van der Waals surface area contributed by atoms with Gasteiger partial charge in [-0.1, -0.05) is 29.8 Å². The Morgan fingerprint density at radius 3 is 2.48 bits per heavy atom. The summed E-state index contributed by atoms with van der Waals surface area (Å²) in [6, 6.07) is 6.01. The lowest BCUT2D eigenvalue weighted by Gasteiger charge is -2.18. The number of halogens is 2. The highest BCUT2D eigenvalue weighted by molar-refractivity contribution is 9.11. The van der Waals surface area contributed by atoms with Gasteiger partial charge in [0, 0.05) is 21.1 Å². The van der Waals surface area contributed by atoms with Gasteiger partial charge in [-0.25, -0.2) is 9.97 Å². The first kappa shape index (κ1) is 16.2. The van der Waals surface area contributed by atoms with Crippen molar-refractivity contribution >= 4 is 49.2 Å². The quantitative estimate of drug-likeness (QED) is 0.698. The Morgan fingerprint density at radius 2 is 1.86 bits per heavy atom. The molecule has 2 N–H and O–H groups in total. The number of aromatic nitrogens is 2. The zero-order valence-electron chi connectivity index (χ0n) is 12.2. The van der Waals surface area contributed by atoms with Crippen LogP contribution in [0.4, 0.5) is 17.3 Å². The fraction of sp³-hybridized carbons (Fsp3) is 0.333. The van der Waals surface area contributed by atoms with Gasteiger partial charge in [-0.2, -0.15) is 0 Å². The van der Waals surface area contributed by atoms with E-state index in [4.69, 9.17) is 0 Å². The average molecular weight is 414 g/mol. The number of benzene rings is 1. The van der Waals surface area contributed by atoms with Crippen LogP contribution in [0.3, 0.4) is 0 Å². The van der Waals surface area contributed by atoms with E-state index in [1.165, 1.54) is 0 Å². The number of rotatable bonds is 5. The molecule has 21 heavy (non-hydrogen) atoms. The molecule has 1 aromatic heterocycles. The van der Waals surface area contributed by atoms with Gasteiger partial charge >= 0.3 is 0 Å². The predicted octanol–water partition coefficient (Wildman–Crippen LogP) is 5.30. The molecule has 0 amide bonds. The van der Waals surface area contributed by atoms with E-state index in [-0.39, 0.29) is 0 Å². The maximum absolute atomic E-state index is 4.41. The summed E-state index contributed by atoms with van der Waals surface area (Å²) in [4.78, 5) is 8.75. The van der Waals surface area contributed by atoms with Gasteiger partial charge in [0.1, 0.15) is 18.0 Å². The molecule has 0 saturated heterocycles. The lowest BCUT2D eigenvalue weighted by Crippen LogP contribution is -2.09. The summed E-state index contributed by atoms with van der Waals surface area (Å²) in [5.74, 6) is 2.04. The number of nitrogens with zero attached hydrogens (tertiary/aromatic N) is 2. The van der Waals surface area contributed by atoms with Crippen molar-refractivity contribution in [2.45, 2.75) is 26.7 Å². The Bertz CT molecular complexity index is 629. The van der Waals surface area contributed by atoms with Gasteiger partial charge in [0.15, 0.2) is 0 Å². The summed E-state index contributed by atoms with van der Waals surface area (Å²) >= 11 is 7.02. The van der Waals surface area contributed by atoms with Crippen molar-refractivity contribution in [3.63, 3.8) is 0 Å². The minimum atomic E-state index is 0.317. The number of hydrogen-bond donors (Lipinski definition) is 2.